The number of primary amides is 1. The highest BCUT2D eigenvalue weighted by molar-refractivity contribution is 6.30. The quantitative estimate of drug-likeness (QED) is 0.498. The van der Waals surface area contributed by atoms with E-state index in [0.29, 0.717) is 41.2 Å². The summed E-state index contributed by atoms with van der Waals surface area (Å²) in [6.45, 7) is 0.323. The van der Waals surface area contributed by atoms with Crippen molar-refractivity contribution in [1.29, 1.82) is 0 Å². The van der Waals surface area contributed by atoms with Crippen molar-refractivity contribution >= 4 is 40.8 Å². The average molecular weight is 481 g/mol. The summed E-state index contributed by atoms with van der Waals surface area (Å²) in [6, 6.07) is 16.3. The lowest BCUT2D eigenvalue weighted by molar-refractivity contribution is -0.121. The molecule has 0 bridgehead atoms. The van der Waals surface area contributed by atoms with E-state index in [1.807, 2.05) is 0 Å². The summed E-state index contributed by atoms with van der Waals surface area (Å²) in [5.74, 6) is -1.63. The predicted octanol–water partition coefficient (Wildman–Crippen LogP) is 4.56. The fourth-order valence-corrected chi connectivity index (χ4v) is 4.08. The smallest absolute Gasteiger partial charge is 0.319 e. The van der Waals surface area contributed by atoms with E-state index in [-0.39, 0.29) is 11.3 Å². The van der Waals surface area contributed by atoms with Crippen molar-refractivity contribution in [2.45, 2.75) is 18.9 Å². The molecule has 3 aromatic rings. The molecule has 1 unspecified atom stereocenters. The molecule has 1 aliphatic heterocycles. The molecule has 1 heterocycles. The monoisotopic (exact) mass is 480 g/mol. The zero-order valence-corrected chi connectivity index (χ0v) is 18.8. The summed E-state index contributed by atoms with van der Waals surface area (Å²) in [7, 11) is 0. The highest BCUT2D eigenvalue weighted by Gasteiger charge is 2.32. The normalized spacial score (nSPS) is 15.6. The highest BCUT2D eigenvalue weighted by Crippen LogP contribution is 2.30. The molecule has 174 valence electrons. The molecule has 9 heteroatoms. The van der Waals surface area contributed by atoms with E-state index in [1.165, 1.54) is 17.0 Å². The van der Waals surface area contributed by atoms with Crippen molar-refractivity contribution in [3.63, 3.8) is 0 Å². The van der Waals surface area contributed by atoms with E-state index in [9.17, 15) is 14.4 Å². The molecule has 0 spiro atoms. The molecule has 34 heavy (non-hydrogen) atoms. The lowest BCUT2D eigenvalue weighted by Crippen LogP contribution is -2.53. The fraction of sp³-hybridized carbons (Fsp3) is 0.160. The van der Waals surface area contributed by atoms with Gasteiger partial charge in [0.15, 0.2) is 0 Å². The molecule has 1 saturated heterocycles. The number of carbonyl (C=O) groups is 3. The average Bonchev–Trinajstić information content (AvgIpc) is 2.82. The molecule has 0 saturated carbocycles. The largest absolute Gasteiger partial charge is 0.366 e. The van der Waals surface area contributed by atoms with Crippen LogP contribution in [0.15, 0.2) is 66.7 Å². The minimum Gasteiger partial charge on any atom is -0.366 e. The van der Waals surface area contributed by atoms with Gasteiger partial charge in [-0.1, -0.05) is 35.9 Å². The first kappa shape index (κ1) is 23.3. The number of urea groups is 1. The Morgan fingerprint density at radius 2 is 1.79 bits per heavy atom. The third kappa shape index (κ3) is 5.02. The maximum atomic E-state index is 15.1. The number of nitrogens with two attached hydrogens (primary N) is 1. The molecule has 0 aliphatic carbocycles. The van der Waals surface area contributed by atoms with Gasteiger partial charge in [0.05, 0.1) is 5.69 Å². The van der Waals surface area contributed by atoms with Gasteiger partial charge in [-0.2, -0.15) is 0 Å². The molecule has 7 nitrogen and oxygen atoms in total. The van der Waals surface area contributed by atoms with Crippen LogP contribution in [-0.2, 0) is 4.79 Å². The van der Waals surface area contributed by atoms with Gasteiger partial charge < -0.3 is 21.3 Å². The van der Waals surface area contributed by atoms with Crippen LogP contribution in [0.4, 0.5) is 20.6 Å². The summed E-state index contributed by atoms with van der Waals surface area (Å²) in [4.78, 5) is 38.5. The van der Waals surface area contributed by atoms with E-state index >= 15 is 4.39 Å². The van der Waals surface area contributed by atoms with E-state index in [4.69, 9.17) is 17.3 Å². The Labute approximate surface area is 200 Å². The number of hydrogen-bond acceptors (Lipinski definition) is 3. The van der Waals surface area contributed by atoms with Gasteiger partial charge in [0.2, 0.25) is 11.8 Å². The molecule has 0 radical (unpaired) electrons. The van der Waals surface area contributed by atoms with Crippen molar-refractivity contribution in [3.05, 3.63) is 83.1 Å². The molecule has 3 aromatic carbocycles. The molecule has 1 aliphatic rings. The second kappa shape index (κ2) is 9.93. The maximum Gasteiger partial charge on any atom is 0.319 e. The van der Waals surface area contributed by atoms with Crippen molar-refractivity contribution < 1.29 is 18.8 Å². The Hall–Kier alpha value is -3.91. The minimum atomic E-state index is -0.796. The van der Waals surface area contributed by atoms with Gasteiger partial charge in [0.1, 0.15) is 11.9 Å². The zero-order valence-electron chi connectivity index (χ0n) is 18.1. The van der Waals surface area contributed by atoms with Gasteiger partial charge in [-0.25, -0.2) is 9.18 Å². The second-order valence-electron chi connectivity index (χ2n) is 7.87. The minimum absolute atomic E-state index is 0.106. The Bertz CT molecular complexity index is 1250. The van der Waals surface area contributed by atoms with Crippen LogP contribution in [-0.4, -0.2) is 30.4 Å². The molecule has 4 rings (SSSR count). The summed E-state index contributed by atoms with van der Waals surface area (Å²) < 4.78 is 15.1. The van der Waals surface area contributed by atoms with Gasteiger partial charge in [-0.05, 0) is 66.4 Å². The Morgan fingerprint density at radius 1 is 1.06 bits per heavy atom. The number of halogens is 2. The molecular weight excluding hydrogens is 459 g/mol. The van der Waals surface area contributed by atoms with Crippen molar-refractivity contribution in [3.8, 4) is 11.1 Å². The molecule has 1 atom stereocenters. The van der Waals surface area contributed by atoms with Crippen LogP contribution in [0.3, 0.4) is 0 Å². The molecule has 1 fully saturated rings. The lowest BCUT2D eigenvalue weighted by Gasteiger charge is -2.33. The number of benzene rings is 3. The number of hydrogen-bond donors (Lipinski definition) is 3. The van der Waals surface area contributed by atoms with Gasteiger partial charge in [0, 0.05) is 22.8 Å². The van der Waals surface area contributed by atoms with E-state index in [1.54, 1.807) is 54.6 Å². The third-order valence-electron chi connectivity index (χ3n) is 5.59. The molecular formula is C25H22ClFN4O3. The van der Waals surface area contributed by atoms with E-state index in [2.05, 4.69) is 10.6 Å². The molecule has 0 aromatic heterocycles. The van der Waals surface area contributed by atoms with Gasteiger partial charge in [-0.3, -0.25) is 9.59 Å². The maximum absolute atomic E-state index is 15.1. The van der Waals surface area contributed by atoms with Crippen LogP contribution >= 0.6 is 11.6 Å². The lowest BCUT2D eigenvalue weighted by atomic mass is 9.98. The van der Waals surface area contributed by atoms with Crippen molar-refractivity contribution in [1.82, 2.24) is 5.32 Å². The van der Waals surface area contributed by atoms with Crippen molar-refractivity contribution in [2.75, 3.05) is 16.8 Å². The fourth-order valence-electron chi connectivity index (χ4n) is 3.95. The number of nitrogens with zero attached hydrogens (tertiary/aromatic N) is 1. The standard InChI is InChI=1S/C25H22ClFN4O3/c26-16-8-10-17(11-9-16)29-25(34)30-21-6-3-13-31(24(21)33)22-12-7-15(14-20(22)27)18-4-1-2-5-19(18)23(28)32/h1-2,4-5,7-12,14,21H,3,6,13H2,(H2,28,32)(H2,29,30,34). The Balaban J connectivity index is 1.50. The number of piperidine rings is 1. The van der Waals surface area contributed by atoms with Gasteiger partial charge >= 0.3 is 6.03 Å². The first-order valence-electron chi connectivity index (χ1n) is 10.7. The third-order valence-corrected chi connectivity index (χ3v) is 5.84. The number of rotatable bonds is 5. The van der Waals surface area contributed by atoms with E-state index in [0.717, 1.165) is 0 Å². The van der Waals surface area contributed by atoms with Crippen LogP contribution < -0.4 is 21.3 Å². The number of amides is 4. The summed E-state index contributed by atoms with van der Waals surface area (Å²) in [5.41, 5.74) is 7.32. The first-order chi connectivity index (χ1) is 16.3. The SMILES string of the molecule is NC(=O)c1ccccc1-c1ccc(N2CCCC(NC(=O)Nc3ccc(Cl)cc3)C2=O)c(F)c1. The van der Waals surface area contributed by atoms with Gasteiger partial charge in [-0.15, -0.1) is 0 Å². The Morgan fingerprint density at radius 3 is 2.50 bits per heavy atom. The number of carbonyl (C=O) groups excluding carboxylic acids is 3. The van der Waals surface area contributed by atoms with Crippen LogP contribution in [0.1, 0.15) is 23.2 Å². The van der Waals surface area contributed by atoms with Gasteiger partial charge in [0.25, 0.3) is 0 Å². The highest BCUT2D eigenvalue weighted by atomic mass is 35.5. The predicted molar refractivity (Wildman–Crippen MR) is 129 cm³/mol. The second-order valence-corrected chi connectivity index (χ2v) is 8.30. The number of nitrogens with one attached hydrogen (secondary N) is 2. The topological polar surface area (TPSA) is 105 Å². The zero-order chi connectivity index (χ0) is 24.2. The summed E-state index contributed by atoms with van der Waals surface area (Å²) >= 11 is 5.85. The van der Waals surface area contributed by atoms with Crippen molar-refractivity contribution in [2.24, 2.45) is 5.73 Å². The van der Waals surface area contributed by atoms with Crippen LogP contribution in [0, 0.1) is 5.82 Å². The van der Waals surface area contributed by atoms with E-state index < -0.39 is 29.7 Å². The molecule has 4 amide bonds. The summed E-state index contributed by atoms with van der Waals surface area (Å²) in [6.07, 6.45) is 1.03. The first-order valence-corrected chi connectivity index (χ1v) is 11.0. The van der Waals surface area contributed by atoms with Crippen LogP contribution in [0.5, 0.6) is 0 Å². The Kier molecular flexibility index (Phi) is 6.79. The summed E-state index contributed by atoms with van der Waals surface area (Å²) in [5, 5.41) is 5.85. The van der Waals surface area contributed by atoms with Crippen LogP contribution in [0.25, 0.3) is 11.1 Å². The number of anilines is 2. The molecule has 4 N–H and O–H groups in total. The van der Waals surface area contributed by atoms with Crippen LogP contribution in [0.2, 0.25) is 5.02 Å².